The Morgan fingerprint density at radius 1 is 1.09 bits per heavy atom. The topological polar surface area (TPSA) is 64.1 Å². The highest BCUT2D eigenvalue weighted by atomic mass is 35.5. The summed E-state index contributed by atoms with van der Waals surface area (Å²) < 4.78 is 17.8. The summed E-state index contributed by atoms with van der Waals surface area (Å²) >= 11 is 1.48. The SMILES string of the molecule is CCN(CC)CCN(C(=O)c1ccccc1OC)c1nc2cc3c(cc2s1)OCCO3.Cl. The summed E-state index contributed by atoms with van der Waals surface area (Å²) in [6.07, 6.45) is 0. The van der Waals surface area contributed by atoms with Crippen molar-refractivity contribution >= 4 is 45.0 Å². The molecule has 0 unspecified atom stereocenters. The molecule has 0 N–H and O–H groups in total. The molecule has 0 fully saturated rings. The molecule has 2 aromatic carbocycles. The summed E-state index contributed by atoms with van der Waals surface area (Å²) in [7, 11) is 1.58. The second-order valence-corrected chi connectivity index (χ2v) is 8.15. The second-order valence-electron chi connectivity index (χ2n) is 7.14. The highest BCUT2D eigenvalue weighted by Crippen LogP contribution is 2.39. The van der Waals surface area contributed by atoms with Crippen LogP contribution in [0.3, 0.4) is 0 Å². The molecule has 0 spiro atoms. The van der Waals surface area contributed by atoms with Crippen molar-refractivity contribution < 1.29 is 19.0 Å². The number of anilines is 1. The van der Waals surface area contributed by atoms with Gasteiger partial charge in [0.25, 0.3) is 5.91 Å². The Balaban J connectivity index is 0.00000289. The number of rotatable bonds is 8. The number of ether oxygens (including phenoxy) is 3. The Hall–Kier alpha value is -2.55. The van der Waals surface area contributed by atoms with E-state index < -0.39 is 0 Å². The second kappa shape index (κ2) is 10.8. The fourth-order valence-electron chi connectivity index (χ4n) is 3.60. The van der Waals surface area contributed by atoms with Crippen molar-refractivity contribution in [3.05, 3.63) is 42.0 Å². The van der Waals surface area contributed by atoms with E-state index in [4.69, 9.17) is 19.2 Å². The van der Waals surface area contributed by atoms with E-state index in [9.17, 15) is 4.79 Å². The van der Waals surface area contributed by atoms with Crippen LogP contribution in [0.2, 0.25) is 0 Å². The molecule has 1 amide bonds. The lowest BCUT2D eigenvalue weighted by Gasteiger charge is -2.25. The maximum Gasteiger partial charge on any atom is 0.263 e. The minimum absolute atomic E-state index is 0. The van der Waals surface area contributed by atoms with Crippen LogP contribution < -0.4 is 19.1 Å². The zero-order chi connectivity index (χ0) is 21.8. The number of carbonyl (C=O) groups is 1. The first-order valence-electron chi connectivity index (χ1n) is 10.5. The maximum absolute atomic E-state index is 13.6. The normalized spacial score (nSPS) is 12.5. The number of para-hydroxylation sites is 1. The Labute approximate surface area is 198 Å². The highest BCUT2D eigenvalue weighted by Gasteiger charge is 2.25. The number of carbonyl (C=O) groups excluding carboxylic acids is 1. The van der Waals surface area contributed by atoms with Crippen LogP contribution in [0.4, 0.5) is 5.13 Å². The summed E-state index contributed by atoms with van der Waals surface area (Å²) in [5.41, 5.74) is 1.32. The number of likely N-dealkylation sites (N-methyl/N-ethyl adjacent to an activating group) is 1. The first-order chi connectivity index (χ1) is 15.1. The number of fused-ring (bicyclic) bond motifs is 2. The van der Waals surface area contributed by atoms with Gasteiger partial charge in [0.15, 0.2) is 16.6 Å². The Morgan fingerprint density at radius 3 is 2.47 bits per heavy atom. The fraction of sp³-hybridized carbons (Fsp3) is 0.391. The van der Waals surface area contributed by atoms with Crippen molar-refractivity contribution in [3.8, 4) is 17.2 Å². The fourth-order valence-corrected chi connectivity index (χ4v) is 4.60. The number of hydrogen-bond donors (Lipinski definition) is 0. The molecule has 0 radical (unpaired) electrons. The summed E-state index contributed by atoms with van der Waals surface area (Å²) in [5.74, 6) is 1.85. The molecule has 1 aliphatic heterocycles. The summed E-state index contributed by atoms with van der Waals surface area (Å²) in [4.78, 5) is 22.4. The third-order valence-electron chi connectivity index (χ3n) is 5.39. The minimum atomic E-state index is -0.124. The van der Waals surface area contributed by atoms with Crippen LogP contribution in [-0.2, 0) is 0 Å². The maximum atomic E-state index is 13.6. The lowest BCUT2D eigenvalue weighted by Crippen LogP contribution is -2.39. The number of thiazole rings is 1. The Bertz CT molecular complexity index is 1030. The van der Waals surface area contributed by atoms with Crippen LogP contribution in [0.15, 0.2) is 36.4 Å². The van der Waals surface area contributed by atoms with Gasteiger partial charge in [-0.15, -0.1) is 12.4 Å². The molecule has 3 aromatic rings. The molecular weight excluding hydrogens is 450 g/mol. The van der Waals surface area contributed by atoms with Crippen molar-refractivity contribution in [2.45, 2.75) is 13.8 Å². The van der Waals surface area contributed by atoms with Gasteiger partial charge >= 0.3 is 0 Å². The zero-order valence-electron chi connectivity index (χ0n) is 18.5. The quantitative estimate of drug-likeness (QED) is 0.476. The van der Waals surface area contributed by atoms with E-state index in [-0.39, 0.29) is 18.3 Å². The first-order valence-corrected chi connectivity index (χ1v) is 11.3. The van der Waals surface area contributed by atoms with Gasteiger partial charge < -0.3 is 19.1 Å². The van der Waals surface area contributed by atoms with E-state index >= 15 is 0 Å². The van der Waals surface area contributed by atoms with Crippen LogP contribution in [0, 0.1) is 0 Å². The molecule has 9 heteroatoms. The molecule has 32 heavy (non-hydrogen) atoms. The lowest BCUT2D eigenvalue weighted by atomic mass is 10.1. The van der Waals surface area contributed by atoms with Gasteiger partial charge in [-0.2, -0.15) is 0 Å². The lowest BCUT2D eigenvalue weighted by molar-refractivity contribution is 0.0981. The standard InChI is InChI=1S/C23H27N3O4S.ClH/c1-4-25(5-2)10-11-26(22(27)16-8-6-7-9-18(16)28-3)23-24-17-14-19-20(15-21(17)31-23)30-13-12-29-19;/h6-9,14-15H,4-5,10-13H2,1-3H3;1H. The van der Waals surface area contributed by atoms with Gasteiger partial charge in [0.1, 0.15) is 19.0 Å². The number of aromatic nitrogens is 1. The van der Waals surface area contributed by atoms with Crippen LogP contribution in [0.5, 0.6) is 17.2 Å². The molecule has 0 atom stereocenters. The molecule has 0 aliphatic carbocycles. The van der Waals surface area contributed by atoms with Crippen molar-refractivity contribution in [1.82, 2.24) is 9.88 Å². The van der Waals surface area contributed by atoms with Gasteiger partial charge in [0.2, 0.25) is 0 Å². The van der Waals surface area contributed by atoms with Crippen molar-refractivity contribution in [2.24, 2.45) is 0 Å². The average molecular weight is 478 g/mol. The van der Waals surface area contributed by atoms with Gasteiger partial charge in [-0.1, -0.05) is 37.3 Å². The van der Waals surface area contributed by atoms with E-state index in [2.05, 4.69) is 18.7 Å². The predicted molar refractivity (Wildman–Crippen MR) is 130 cm³/mol. The number of halogens is 1. The molecule has 0 saturated carbocycles. The van der Waals surface area contributed by atoms with E-state index in [1.54, 1.807) is 24.1 Å². The van der Waals surface area contributed by atoms with Gasteiger partial charge in [0, 0.05) is 25.2 Å². The Morgan fingerprint density at radius 2 is 1.78 bits per heavy atom. The number of hydrogen-bond acceptors (Lipinski definition) is 7. The third kappa shape index (κ3) is 4.92. The van der Waals surface area contributed by atoms with E-state index in [0.29, 0.717) is 42.0 Å². The highest BCUT2D eigenvalue weighted by molar-refractivity contribution is 7.22. The van der Waals surface area contributed by atoms with Gasteiger partial charge in [0.05, 0.1) is 22.9 Å². The van der Waals surface area contributed by atoms with Crippen LogP contribution in [0.25, 0.3) is 10.2 Å². The van der Waals surface area contributed by atoms with Gasteiger partial charge in [-0.25, -0.2) is 4.98 Å². The van der Waals surface area contributed by atoms with Crippen molar-refractivity contribution in [3.63, 3.8) is 0 Å². The molecule has 7 nitrogen and oxygen atoms in total. The molecule has 1 aromatic heterocycles. The van der Waals surface area contributed by atoms with E-state index in [1.165, 1.54) is 11.3 Å². The van der Waals surface area contributed by atoms with Crippen molar-refractivity contribution in [2.75, 3.05) is 51.4 Å². The number of methoxy groups -OCH3 is 1. The predicted octanol–water partition coefficient (Wildman–Crippen LogP) is 4.49. The largest absolute Gasteiger partial charge is 0.496 e. The molecular formula is C23H28ClN3O4S. The van der Waals surface area contributed by atoms with Crippen molar-refractivity contribution in [1.29, 1.82) is 0 Å². The molecule has 1 aliphatic rings. The monoisotopic (exact) mass is 477 g/mol. The molecule has 0 bridgehead atoms. The average Bonchev–Trinajstić information content (AvgIpc) is 3.22. The zero-order valence-corrected chi connectivity index (χ0v) is 20.1. The molecule has 172 valence electrons. The smallest absolute Gasteiger partial charge is 0.263 e. The molecule has 0 saturated heterocycles. The Kier molecular flexibility index (Phi) is 8.17. The molecule has 4 rings (SSSR count). The summed E-state index contributed by atoms with van der Waals surface area (Å²) in [6.45, 7) is 8.45. The van der Waals surface area contributed by atoms with Gasteiger partial charge in [-0.05, 0) is 25.2 Å². The van der Waals surface area contributed by atoms with Crippen LogP contribution in [-0.4, -0.2) is 62.3 Å². The van der Waals surface area contributed by atoms with E-state index in [0.717, 1.165) is 35.6 Å². The number of nitrogens with zero attached hydrogens (tertiary/aromatic N) is 3. The molecule has 2 heterocycles. The minimum Gasteiger partial charge on any atom is -0.496 e. The van der Waals surface area contributed by atoms with E-state index in [1.807, 2.05) is 24.3 Å². The summed E-state index contributed by atoms with van der Waals surface area (Å²) in [5, 5.41) is 0.653. The number of benzene rings is 2. The number of amides is 1. The van der Waals surface area contributed by atoms with Crippen LogP contribution >= 0.6 is 23.7 Å². The summed E-state index contributed by atoms with van der Waals surface area (Å²) in [6, 6.07) is 11.1. The van der Waals surface area contributed by atoms with Crippen LogP contribution in [0.1, 0.15) is 24.2 Å². The first kappa shape index (κ1) is 24.1. The van der Waals surface area contributed by atoms with Gasteiger partial charge in [-0.3, -0.25) is 9.69 Å². The third-order valence-corrected chi connectivity index (χ3v) is 6.43.